The van der Waals surface area contributed by atoms with Gasteiger partial charge in [0.1, 0.15) is 11.5 Å². The lowest BCUT2D eigenvalue weighted by molar-refractivity contribution is 0.291. The summed E-state index contributed by atoms with van der Waals surface area (Å²) in [4.78, 5) is 2.47. The summed E-state index contributed by atoms with van der Waals surface area (Å²) in [6, 6.07) is 2.69. The van der Waals surface area contributed by atoms with Gasteiger partial charge in [-0.15, -0.1) is 0 Å². The third-order valence-corrected chi connectivity index (χ3v) is 3.32. The van der Waals surface area contributed by atoms with Gasteiger partial charge >= 0.3 is 0 Å². The molecule has 1 saturated heterocycles. The average molecular weight is 236 g/mol. The van der Waals surface area contributed by atoms with E-state index in [0.29, 0.717) is 6.04 Å². The molecule has 17 heavy (non-hydrogen) atoms. The summed E-state index contributed by atoms with van der Waals surface area (Å²) in [6.45, 7) is 10.7. The number of furan rings is 1. The molecule has 0 saturated carbocycles. The molecule has 96 valence electrons. The molecule has 0 atom stereocenters. The van der Waals surface area contributed by atoms with Crippen molar-refractivity contribution >= 4 is 0 Å². The van der Waals surface area contributed by atoms with Crippen LogP contribution in [0.5, 0.6) is 0 Å². The number of rotatable bonds is 5. The second-order valence-electron chi connectivity index (χ2n) is 5.34. The van der Waals surface area contributed by atoms with Crippen LogP contribution < -0.4 is 5.32 Å². The van der Waals surface area contributed by atoms with Crippen LogP contribution in [0.3, 0.4) is 0 Å². The monoisotopic (exact) mass is 236 g/mol. The molecule has 3 heteroatoms. The van der Waals surface area contributed by atoms with Gasteiger partial charge in [-0.3, -0.25) is 4.90 Å². The van der Waals surface area contributed by atoms with Gasteiger partial charge in [-0.05, 0) is 44.5 Å². The van der Waals surface area contributed by atoms with Crippen LogP contribution in [0.4, 0.5) is 0 Å². The Kier molecular flexibility index (Phi) is 4.24. The van der Waals surface area contributed by atoms with E-state index in [9.17, 15) is 0 Å². The summed E-state index contributed by atoms with van der Waals surface area (Å²) in [5, 5.41) is 3.40. The first kappa shape index (κ1) is 12.7. The van der Waals surface area contributed by atoms with Crippen LogP contribution >= 0.6 is 0 Å². The Morgan fingerprint density at radius 3 is 2.71 bits per heavy atom. The minimum absolute atomic E-state index is 0.501. The van der Waals surface area contributed by atoms with Gasteiger partial charge in [0.15, 0.2) is 0 Å². The molecule has 0 aliphatic carbocycles. The molecular formula is C14H24N2O. The average Bonchev–Trinajstić information content (AvgIpc) is 2.86. The lowest BCUT2D eigenvalue weighted by Gasteiger charge is -2.11. The molecule has 1 aliphatic heterocycles. The zero-order valence-corrected chi connectivity index (χ0v) is 11.3. The summed E-state index contributed by atoms with van der Waals surface area (Å²) in [6.07, 6.45) is 2.67. The van der Waals surface area contributed by atoms with Gasteiger partial charge in [0.2, 0.25) is 0 Å². The summed E-state index contributed by atoms with van der Waals surface area (Å²) >= 11 is 0. The largest absolute Gasteiger partial charge is 0.463 e. The molecule has 0 radical (unpaired) electrons. The fraction of sp³-hybridized carbons (Fsp3) is 0.714. The van der Waals surface area contributed by atoms with E-state index in [1.54, 1.807) is 0 Å². The second-order valence-corrected chi connectivity index (χ2v) is 5.34. The van der Waals surface area contributed by atoms with Crippen LogP contribution in [0, 0.1) is 6.92 Å². The maximum absolute atomic E-state index is 5.92. The fourth-order valence-corrected chi connectivity index (χ4v) is 2.30. The molecule has 3 nitrogen and oxygen atoms in total. The number of hydrogen-bond donors (Lipinski definition) is 1. The molecule has 1 aromatic rings. The first-order chi connectivity index (χ1) is 8.15. The number of nitrogens with one attached hydrogen (secondary N) is 1. The molecule has 1 aromatic heterocycles. The van der Waals surface area contributed by atoms with E-state index in [-0.39, 0.29) is 0 Å². The number of aryl methyl sites for hydroxylation is 1. The maximum atomic E-state index is 5.92. The van der Waals surface area contributed by atoms with Gasteiger partial charge in [-0.2, -0.15) is 0 Å². The molecule has 1 aliphatic rings. The molecular weight excluding hydrogens is 212 g/mol. The van der Waals surface area contributed by atoms with Gasteiger partial charge in [0.25, 0.3) is 0 Å². The zero-order valence-electron chi connectivity index (χ0n) is 11.3. The van der Waals surface area contributed by atoms with Crippen molar-refractivity contribution in [2.24, 2.45) is 0 Å². The van der Waals surface area contributed by atoms with Gasteiger partial charge in [0.05, 0.1) is 13.1 Å². The Balaban J connectivity index is 1.92. The normalized spacial score (nSPS) is 17.2. The van der Waals surface area contributed by atoms with Crippen LogP contribution in [-0.2, 0) is 13.1 Å². The first-order valence-corrected chi connectivity index (χ1v) is 6.69. The lowest BCUT2D eigenvalue weighted by atomic mass is 10.2. The van der Waals surface area contributed by atoms with Crippen LogP contribution in [0.2, 0.25) is 0 Å². The molecule has 2 heterocycles. The van der Waals surface area contributed by atoms with E-state index < -0.39 is 0 Å². The summed E-state index contributed by atoms with van der Waals surface area (Å²) in [5.41, 5.74) is 1.27. The molecule has 0 bridgehead atoms. The Labute approximate surface area is 104 Å². The molecule has 0 spiro atoms. The lowest BCUT2D eigenvalue weighted by Crippen LogP contribution is -2.21. The molecule has 0 aromatic carbocycles. The first-order valence-electron chi connectivity index (χ1n) is 6.69. The molecule has 2 rings (SSSR count). The fourth-order valence-electron chi connectivity index (χ4n) is 2.30. The number of likely N-dealkylation sites (tertiary alicyclic amines) is 1. The Morgan fingerprint density at radius 1 is 1.35 bits per heavy atom. The maximum Gasteiger partial charge on any atom is 0.120 e. The number of hydrogen-bond acceptors (Lipinski definition) is 3. The van der Waals surface area contributed by atoms with Gasteiger partial charge in [-0.25, -0.2) is 0 Å². The predicted octanol–water partition coefficient (Wildman–Crippen LogP) is 2.68. The highest BCUT2D eigenvalue weighted by molar-refractivity contribution is 5.20. The van der Waals surface area contributed by atoms with Crippen LogP contribution in [0.1, 0.15) is 43.8 Å². The predicted molar refractivity (Wildman–Crippen MR) is 69.9 cm³/mol. The zero-order chi connectivity index (χ0) is 12.3. The van der Waals surface area contributed by atoms with Crippen molar-refractivity contribution < 1.29 is 4.42 Å². The molecule has 0 unspecified atom stereocenters. The van der Waals surface area contributed by atoms with Crippen LogP contribution in [0.15, 0.2) is 10.5 Å². The quantitative estimate of drug-likeness (QED) is 0.852. The summed E-state index contributed by atoms with van der Waals surface area (Å²) in [7, 11) is 0. The van der Waals surface area contributed by atoms with Crippen LogP contribution in [0.25, 0.3) is 0 Å². The van der Waals surface area contributed by atoms with Gasteiger partial charge < -0.3 is 9.73 Å². The van der Waals surface area contributed by atoms with E-state index in [0.717, 1.165) is 24.6 Å². The number of nitrogens with zero attached hydrogens (tertiary/aromatic N) is 1. The highest BCUT2D eigenvalue weighted by Gasteiger charge is 2.15. The van der Waals surface area contributed by atoms with Gasteiger partial charge in [0, 0.05) is 6.04 Å². The Morgan fingerprint density at radius 2 is 2.06 bits per heavy atom. The topological polar surface area (TPSA) is 28.4 Å². The molecule has 0 amide bonds. The van der Waals surface area contributed by atoms with Crippen LogP contribution in [-0.4, -0.2) is 24.0 Å². The Hall–Kier alpha value is -0.800. The van der Waals surface area contributed by atoms with E-state index >= 15 is 0 Å². The van der Waals surface area contributed by atoms with E-state index in [2.05, 4.69) is 37.1 Å². The minimum atomic E-state index is 0.501. The third kappa shape index (κ3) is 3.58. The van der Waals surface area contributed by atoms with Crippen molar-refractivity contribution in [3.63, 3.8) is 0 Å². The van der Waals surface area contributed by atoms with E-state index in [4.69, 9.17) is 4.42 Å². The second kappa shape index (κ2) is 5.69. The van der Waals surface area contributed by atoms with Crippen molar-refractivity contribution in [2.45, 2.75) is 52.7 Å². The third-order valence-electron chi connectivity index (χ3n) is 3.32. The highest BCUT2D eigenvalue weighted by atomic mass is 16.3. The molecule has 1 fully saturated rings. The standard InChI is InChI=1S/C14H24N2O/c1-11(2)15-9-14-12(3)8-13(17-14)10-16-6-4-5-7-16/h8,11,15H,4-7,9-10H2,1-3H3. The van der Waals surface area contributed by atoms with E-state index in [1.165, 1.54) is 31.5 Å². The highest BCUT2D eigenvalue weighted by Crippen LogP contribution is 2.18. The van der Waals surface area contributed by atoms with Crippen molar-refractivity contribution in [2.75, 3.05) is 13.1 Å². The van der Waals surface area contributed by atoms with Gasteiger partial charge in [-0.1, -0.05) is 13.8 Å². The summed E-state index contributed by atoms with van der Waals surface area (Å²) in [5.74, 6) is 2.21. The molecule has 1 N–H and O–H groups in total. The SMILES string of the molecule is Cc1cc(CN2CCCC2)oc1CNC(C)C. The Bertz CT molecular complexity index is 351. The summed E-state index contributed by atoms with van der Waals surface area (Å²) < 4.78 is 5.92. The van der Waals surface area contributed by atoms with Crippen molar-refractivity contribution in [3.05, 3.63) is 23.2 Å². The smallest absolute Gasteiger partial charge is 0.120 e. The van der Waals surface area contributed by atoms with Crippen molar-refractivity contribution in [1.29, 1.82) is 0 Å². The van der Waals surface area contributed by atoms with Crippen molar-refractivity contribution in [1.82, 2.24) is 10.2 Å². The van der Waals surface area contributed by atoms with Crippen molar-refractivity contribution in [3.8, 4) is 0 Å². The minimum Gasteiger partial charge on any atom is -0.463 e. The van der Waals surface area contributed by atoms with E-state index in [1.807, 2.05) is 0 Å².